The summed E-state index contributed by atoms with van der Waals surface area (Å²) in [7, 11) is -1.21. The quantitative estimate of drug-likeness (QED) is 0.518. The predicted molar refractivity (Wildman–Crippen MR) is 64.0 cm³/mol. The Kier molecular flexibility index (Phi) is 6.28. The third-order valence-electron chi connectivity index (χ3n) is 2.07. The van der Waals surface area contributed by atoms with E-state index in [0.717, 1.165) is 6.04 Å². The lowest BCUT2D eigenvalue weighted by Crippen LogP contribution is -2.34. The highest BCUT2D eigenvalue weighted by atomic mass is 28.3. The third kappa shape index (κ3) is 8.43. The molecule has 0 rings (SSSR count). The number of esters is 1. The first kappa shape index (κ1) is 15.1. The minimum Gasteiger partial charge on any atom is -0.481 e. The Hall–Kier alpha value is -0.883. The van der Waals surface area contributed by atoms with Gasteiger partial charge < -0.3 is 15.6 Å². The van der Waals surface area contributed by atoms with E-state index in [0.29, 0.717) is 6.61 Å². The van der Waals surface area contributed by atoms with Gasteiger partial charge in [0.2, 0.25) is 0 Å². The van der Waals surface area contributed by atoms with Crippen LogP contribution in [0, 0.1) is 0 Å². The van der Waals surface area contributed by atoms with E-state index < -0.39 is 26.1 Å². The van der Waals surface area contributed by atoms with Crippen LogP contribution < -0.4 is 5.73 Å². The monoisotopic (exact) mass is 247 g/mol. The van der Waals surface area contributed by atoms with E-state index in [1.54, 1.807) is 0 Å². The van der Waals surface area contributed by atoms with E-state index in [4.69, 9.17) is 15.6 Å². The smallest absolute Gasteiger partial charge is 0.322 e. The Morgan fingerprint density at radius 3 is 2.38 bits per heavy atom. The van der Waals surface area contributed by atoms with Gasteiger partial charge in [-0.25, -0.2) is 0 Å². The normalized spacial score (nSPS) is 13.2. The number of carbonyl (C=O) groups excluding carboxylic acids is 1. The van der Waals surface area contributed by atoms with Gasteiger partial charge in [0.05, 0.1) is 6.61 Å². The maximum Gasteiger partial charge on any atom is 0.322 e. The second kappa shape index (κ2) is 6.65. The van der Waals surface area contributed by atoms with Gasteiger partial charge in [0.1, 0.15) is 6.04 Å². The number of ether oxygens (including phenoxy) is 1. The van der Waals surface area contributed by atoms with Crippen LogP contribution in [0.2, 0.25) is 25.7 Å². The molecule has 1 atom stereocenters. The topological polar surface area (TPSA) is 89.6 Å². The SMILES string of the molecule is C[Si](C)(C)CCOC(=O)[C@H](N)CCC(=O)O. The number of carbonyl (C=O) groups is 2. The van der Waals surface area contributed by atoms with E-state index in [1.165, 1.54) is 0 Å². The van der Waals surface area contributed by atoms with Gasteiger partial charge >= 0.3 is 11.9 Å². The minimum absolute atomic E-state index is 0.107. The van der Waals surface area contributed by atoms with Crippen LogP contribution in [0.1, 0.15) is 12.8 Å². The van der Waals surface area contributed by atoms with Crippen molar-refractivity contribution in [1.29, 1.82) is 0 Å². The molecule has 0 aromatic rings. The van der Waals surface area contributed by atoms with Crippen LogP contribution in [0.15, 0.2) is 0 Å². The Bertz CT molecular complexity index is 250. The number of carboxylic acid groups (broad SMARTS) is 1. The standard InChI is InChI=1S/C10H21NO4Si/c1-16(2,3)7-6-15-10(14)8(11)4-5-9(12)13/h8H,4-7,11H2,1-3H3,(H,12,13)/t8-/m1/s1. The summed E-state index contributed by atoms with van der Waals surface area (Å²) >= 11 is 0. The van der Waals surface area contributed by atoms with Crippen molar-refractivity contribution in [2.45, 2.75) is 44.6 Å². The zero-order valence-corrected chi connectivity index (χ0v) is 11.2. The van der Waals surface area contributed by atoms with Gasteiger partial charge in [-0.2, -0.15) is 0 Å². The summed E-state index contributed by atoms with van der Waals surface area (Å²) < 4.78 is 4.99. The summed E-state index contributed by atoms with van der Waals surface area (Å²) in [6, 6.07) is 0.0717. The molecule has 0 heterocycles. The van der Waals surface area contributed by atoms with Gasteiger partial charge in [0, 0.05) is 14.5 Å². The molecule has 0 aliphatic heterocycles. The molecule has 6 heteroatoms. The van der Waals surface area contributed by atoms with Crippen molar-refractivity contribution in [1.82, 2.24) is 0 Å². The minimum atomic E-state index is -1.21. The maximum absolute atomic E-state index is 11.3. The fourth-order valence-corrected chi connectivity index (χ4v) is 1.68. The molecule has 0 bridgehead atoms. The van der Waals surface area contributed by atoms with Crippen molar-refractivity contribution in [2.24, 2.45) is 5.73 Å². The zero-order chi connectivity index (χ0) is 12.8. The van der Waals surface area contributed by atoms with Crippen molar-refractivity contribution < 1.29 is 19.4 Å². The van der Waals surface area contributed by atoms with Gasteiger partial charge in [0.15, 0.2) is 0 Å². The molecular formula is C10H21NO4Si. The largest absolute Gasteiger partial charge is 0.481 e. The summed E-state index contributed by atoms with van der Waals surface area (Å²) in [5.41, 5.74) is 5.49. The molecule has 0 radical (unpaired) electrons. The summed E-state index contributed by atoms with van der Waals surface area (Å²) in [5.74, 6) is -1.45. The van der Waals surface area contributed by atoms with E-state index in [2.05, 4.69) is 19.6 Å². The Morgan fingerprint density at radius 2 is 1.94 bits per heavy atom. The highest BCUT2D eigenvalue weighted by molar-refractivity contribution is 6.76. The number of aliphatic carboxylic acids is 1. The summed E-state index contributed by atoms with van der Waals surface area (Å²) in [4.78, 5) is 21.6. The van der Waals surface area contributed by atoms with Gasteiger partial charge in [-0.1, -0.05) is 19.6 Å². The van der Waals surface area contributed by atoms with Crippen LogP contribution in [0.3, 0.4) is 0 Å². The number of hydrogen-bond donors (Lipinski definition) is 2. The molecular weight excluding hydrogens is 226 g/mol. The Morgan fingerprint density at radius 1 is 1.38 bits per heavy atom. The van der Waals surface area contributed by atoms with Crippen LogP contribution in [0.4, 0.5) is 0 Å². The Balaban J connectivity index is 3.75. The molecule has 0 aromatic carbocycles. The molecule has 0 unspecified atom stereocenters. The molecule has 16 heavy (non-hydrogen) atoms. The second-order valence-electron chi connectivity index (χ2n) is 5.02. The van der Waals surface area contributed by atoms with E-state index in [9.17, 15) is 9.59 Å². The number of carboxylic acids is 1. The van der Waals surface area contributed by atoms with Crippen LogP contribution in [-0.2, 0) is 14.3 Å². The highest BCUT2D eigenvalue weighted by Gasteiger charge is 2.18. The molecule has 0 amide bonds. The molecule has 0 aliphatic carbocycles. The molecule has 5 nitrogen and oxygen atoms in total. The van der Waals surface area contributed by atoms with E-state index in [-0.39, 0.29) is 12.8 Å². The van der Waals surface area contributed by atoms with Crippen molar-refractivity contribution >= 4 is 20.0 Å². The van der Waals surface area contributed by atoms with Crippen molar-refractivity contribution in [3.05, 3.63) is 0 Å². The average Bonchev–Trinajstić information content (AvgIpc) is 2.11. The molecule has 0 saturated carbocycles. The molecule has 0 spiro atoms. The van der Waals surface area contributed by atoms with Crippen molar-refractivity contribution in [2.75, 3.05) is 6.61 Å². The average molecular weight is 247 g/mol. The molecule has 0 fully saturated rings. The van der Waals surface area contributed by atoms with Crippen LogP contribution in [0.25, 0.3) is 0 Å². The fraction of sp³-hybridized carbons (Fsp3) is 0.800. The van der Waals surface area contributed by atoms with Gasteiger partial charge in [-0.05, 0) is 12.5 Å². The van der Waals surface area contributed by atoms with E-state index in [1.807, 2.05) is 0 Å². The first-order valence-electron chi connectivity index (χ1n) is 5.36. The molecule has 3 N–H and O–H groups in total. The molecule has 94 valence electrons. The zero-order valence-electron chi connectivity index (χ0n) is 10.2. The third-order valence-corrected chi connectivity index (χ3v) is 3.77. The van der Waals surface area contributed by atoms with Crippen molar-refractivity contribution in [3.8, 4) is 0 Å². The fourth-order valence-electron chi connectivity index (χ4n) is 0.962. The highest BCUT2D eigenvalue weighted by Crippen LogP contribution is 2.08. The molecule has 0 aromatic heterocycles. The molecule has 0 saturated heterocycles. The first-order chi connectivity index (χ1) is 7.22. The first-order valence-corrected chi connectivity index (χ1v) is 9.07. The van der Waals surface area contributed by atoms with E-state index >= 15 is 0 Å². The Labute approximate surface area is 97.0 Å². The second-order valence-corrected chi connectivity index (χ2v) is 10.6. The summed E-state index contributed by atoms with van der Waals surface area (Å²) in [6.45, 7) is 6.94. The van der Waals surface area contributed by atoms with Gasteiger partial charge in [-0.15, -0.1) is 0 Å². The number of hydrogen-bond acceptors (Lipinski definition) is 4. The summed E-state index contributed by atoms with van der Waals surface area (Å²) in [6.07, 6.45) is 0.0192. The number of nitrogens with two attached hydrogens (primary N) is 1. The van der Waals surface area contributed by atoms with Gasteiger partial charge in [-0.3, -0.25) is 9.59 Å². The summed E-state index contributed by atoms with van der Waals surface area (Å²) in [5, 5.41) is 8.42. The predicted octanol–water partition coefficient (Wildman–Crippen LogP) is 1.06. The van der Waals surface area contributed by atoms with Crippen LogP contribution in [-0.4, -0.2) is 37.8 Å². The van der Waals surface area contributed by atoms with Crippen LogP contribution >= 0.6 is 0 Å². The lowest BCUT2D eigenvalue weighted by Gasteiger charge is -2.16. The maximum atomic E-state index is 11.3. The lowest BCUT2D eigenvalue weighted by atomic mass is 10.2. The number of rotatable bonds is 7. The van der Waals surface area contributed by atoms with Gasteiger partial charge in [0.25, 0.3) is 0 Å². The lowest BCUT2D eigenvalue weighted by molar-refractivity contribution is -0.145. The van der Waals surface area contributed by atoms with Crippen LogP contribution in [0.5, 0.6) is 0 Å². The molecule has 0 aliphatic rings. The van der Waals surface area contributed by atoms with Crippen molar-refractivity contribution in [3.63, 3.8) is 0 Å².